The lowest BCUT2D eigenvalue weighted by atomic mass is 10.1. The summed E-state index contributed by atoms with van der Waals surface area (Å²) in [6, 6.07) is 8.24. The van der Waals surface area contributed by atoms with Crippen LogP contribution in [-0.2, 0) is 0 Å². The van der Waals surface area contributed by atoms with Crippen LogP contribution in [0.4, 0.5) is 0 Å². The van der Waals surface area contributed by atoms with Gasteiger partial charge in [-0.2, -0.15) is 0 Å². The van der Waals surface area contributed by atoms with Gasteiger partial charge in [-0.3, -0.25) is 0 Å². The smallest absolute Gasteiger partial charge is 0.132 e. The average Bonchev–Trinajstić information content (AvgIpc) is 2.79. The molecule has 1 N–H and O–H groups in total. The van der Waals surface area contributed by atoms with Gasteiger partial charge in [0.2, 0.25) is 0 Å². The van der Waals surface area contributed by atoms with Crippen LogP contribution < -0.4 is 10.1 Å². The van der Waals surface area contributed by atoms with E-state index in [4.69, 9.17) is 4.74 Å². The minimum Gasteiger partial charge on any atom is -0.492 e. The van der Waals surface area contributed by atoms with Crippen molar-refractivity contribution in [1.82, 2.24) is 5.32 Å². The summed E-state index contributed by atoms with van der Waals surface area (Å²) < 4.78 is 5.85. The van der Waals surface area contributed by atoms with Crippen LogP contribution in [0.5, 0.6) is 5.75 Å². The third kappa shape index (κ3) is 2.89. The van der Waals surface area contributed by atoms with Crippen molar-refractivity contribution in [2.24, 2.45) is 5.92 Å². The standard InChI is InChI=1S/C12H17NOS/c1-15-12-5-3-2-4-11(12)14-9-10-6-7-13-8-10/h2-5,10,13H,6-9H2,1H3. The van der Waals surface area contributed by atoms with Crippen LogP contribution >= 0.6 is 11.8 Å². The highest BCUT2D eigenvalue weighted by atomic mass is 32.2. The van der Waals surface area contributed by atoms with Gasteiger partial charge in [-0.1, -0.05) is 12.1 Å². The maximum Gasteiger partial charge on any atom is 0.132 e. The van der Waals surface area contributed by atoms with Gasteiger partial charge in [-0.15, -0.1) is 11.8 Å². The van der Waals surface area contributed by atoms with Gasteiger partial charge in [0.05, 0.1) is 6.61 Å². The second-order valence-electron chi connectivity index (χ2n) is 3.82. The number of benzene rings is 1. The number of rotatable bonds is 4. The number of thioether (sulfide) groups is 1. The Balaban J connectivity index is 1.91. The molecule has 0 spiro atoms. The summed E-state index contributed by atoms with van der Waals surface area (Å²) in [7, 11) is 0. The van der Waals surface area contributed by atoms with Crippen molar-refractivity contribution in [2.75, 3.05) is 26.0 Å². The fraction of sp³-hybridized carbons (Fsp3) is 0.500. The molecule has 0 saturated carbocycles. The zero-order chi connectivity index (χ0) is 10.5. The molecule has 1 aromatic rings. The van der Waals surface area contributed by atoms with Crippen LogP contribution in [-0.4, -0.2) is 26.0 Å². The molecule has 82 valence electrons. The van der Waals surface area contributed by atoms with Crippen molar-refractivity contribution in [3.63, 3.8) is 0 Å². The van der Waals surface area contributed by atoms with Crippen LogP contribution in [0.3, 0.4) is 0 Å². The Labute approximate surface area is 95.4 Å². The van der Waals surface area contributed by atoms with Gasteiger partial charge in [0, 0.05) is 17.4 Å². The molecule has 0 bridgehead atoms. The minimum absolute atomic E-state index is 0.680. The fourth-order valence-electron chi connectivity index (χ4n) is 1.80. The highest BCUT2D eigenvalue weighted by molar-refractivity contribution is 7.98. The zero-order valence-electron chi connectivity index (χ0n) is 9.03. The summed E-state index contributed by atoms with van der Waals surface area (Å²) >= 11 is 1.74. The summed E-state index contributed by atoms with van der Waals surface area (Å²) in [5.41, 5.74) is 0. The molecule has 2 rings (SSSR count). The first-order chi connectivity index (χ1) is 7.40. The largest absolute Gasteiger partial charge is 0.492 e. The first kappa shape index (κ1) is 10.8. The van der Waals surface area contributed by atoms with E-state index in [1.165, 1.54) is 11.3 Å². The lowest BCUT2D eigenvalue weighted by Gasteiger charge is -2.13. The third-order valence-electron chi connectivity index (χ3n) is 2.71. The molecule has 0 amide bonds. The Hall–Kier alpha value is -0.670. The van der Waals surface area contributed by atoms with Gasteiger partial charge in [-0.25, -0.2) is 0 Å². The molecule has 1 atom stereocenters. The summed E-state index contributed by atoms with van der Waals surface area (Å²) in [6.45, 7) is 3.07. The van der Waals surface area contributed by atoms with Crippen molar-refractivity contribution in [2.45, 2.75) is 11.3 Å². The Morgan fingerprint density at radius 1 is 1.47 bits per heavy atom. The molecule has 15 heavy (non-hydrogen) atoms. The van der Waals surface area contributed by atoms with Gasteiger partial charge >= 0.3 is 0 Å². The van der Waals surface area contributed by atoms with Gasteiger partial charge < -0.3 is 10.1 Å². The first-order valence-corrected chi connectivity index (χ1v) is 6.59. The summed E-state index contributed by atoms with van der Waals surface area (Å²) in [5.74, 6) is 1.71. The topological polar surface area (TPSA) is 21.3 Å². The molecular weight excluding hydrogens is 206 g/mol. The minimum atomic E-state index is 0.680. The number of ether oxygens (including phenoxy) is 1. The fourth-order valence-corrected chi connectivity index (χ4v) is 2.35. The quantitative estimate of drug-likeness (QED) is 0.792. The zero-order valence-corrected chi connectivity index (χ0v) is 9.85. The maximum atomic E-state index is 5.85. The molecule has 0 radical (unpaired) electrons. The van der Waals surface area contributed by atoms with E-state index < -0.39 is 0 Å². The predicted octanol–water partition coefficient (Wildman–Crippen LogP) is 2.40. The van der Waals surface area contributed by atoms with E-state index >= 15 is 0 Å². The second kappa shape index (κ2) is 5.42. The lowest BCUT2D eigenvalue weighted by Crippen LogP contribution is -2.15. The van der Waals surface area contributed by atoms with Crippen molar-refractivity contribution in [3.05, 3.63) is 24.3 Å². The van der Waals surface area contributed by atoms with Crippen LogP contribution in [0.15, 0.2) is 29.2 Å². The van der Waals surface area contributed by atoms with E-state index in [0.29, 0.717) is 5.92 Å². The molecule has 1 aliphatic heterocycles. The Bertz CT molecular complexity index is 310. The highest BCUT2D eigenvalue weighted by Gasteiger charge is 2.15. The molecule has 0 aliphatic carbocycles. The number of para-hydroxylation sites is 1. The van der Waals surface area contributed by atoms with Gasteiger partial charge in [0.15, 0.2) is 0 Å². The van der Waals surface area contributed by atoms with Gasteiger partial charge in [0.25, 0.3) is 0 Å². The molecule has 1 heterocycles. The molecular formula is C12H17NOS. The second-order valence-corrected chi connectivity index (χ2v) is 4.67. The lowest BCUT2D eigenvalue weighted by molar-refractivity contribution is 0.255. The molecule has 1 unspecified atom stereocenters. The molecule has 1 saturated heterocycles. The van der Waals surface area contributed by atoms with E-state index in [1.54, 1.807) is 11.8 Å². The number of hydrogen-bond donors (Lipinski definition) is 1. The normalized spacial score (nSPS) is 20.5. The van der Waals surface area contributed by atoms with Gasteiger partial charge in [0.1, 0.15) is 5.75 Å². The van der Waals surface area contributed by atoms with Crippen LogP contribution in [0.1, 0.15) is 6.42 Å². The van der Waals surface area contributed by atoms with E-state index in [1.807, 2.05) is 12.1 Å². The highest BCUT2D eigenvalue weighted by Crippen LogP contribution is 2.27. The molecule has 2 nitrogen and oxygen atoms in total. The van der Waals surface area contributed by atoms with E-state index in [2.05, 4.69) is 23.7 Å². The van der Waals surface area contributed by atoms with Crippen molar-refractivity contribution in [3.8, 4) is 5.75 Å². The van der Waals surface area contributed by atoms with E-state index in [-0.39, 0.29) is 0 Å². The Morgan fingerprint density at radius 2 is 2.33 bits per heavy atom. The number of hydrogen-bond acceptors (Lipinski definition) is 3. The van der Waals surface area contributed by atoms with Crippen molar-refractivity contribution in [1.29, 1.82) is 0 Å². The van der Waals surface area contributed by atoms with Crippen LogP contribution in [0.25, 0.3) is 0 Å². The third-order valence-corrected chi connectivity index (χ3v) is 3.48. The summed E-state index contributed by atoms with van der Waals surface area (Å²) in [6.07, 6.45) is 3.32. The van der Waals surface area contributed by atoms with E-state index in [9.17, 15) is 0 Å². The number of nitrogens with one attached hydrogen (secondary N) is 1. The van der Waals surface area contributed by atoms with Crippen molar-refractivity contribution >= 4 is 11.8 Å². The molecule has 1 fully saturated rings. The van der Waals surface area contributed by atoms with Crippen molar-refractivity contribution < 1.29 is 4.74 Å². The Kier molecular flexibility index (Phi) is 3.92. The molecule has 1 aromatic carbocycles. The summed E-state index contributed by atoms with van der Waals surface area (Å²) in [4.78, 5) is 1.23. The molecule has 1 aliphatic rings. The monoisotopic (exact) mass is 223 g/mol. The predicted molar refractivity (Wildman–Crippen MR) is 64.7 cm³/mol. The maximum absolute atomic E-state index is 5.85. The van der Waals surface area contributed by atoms with E-state index in [0.717, 1.165) is 25.4 Å². The average molecular weight is 223 g/mol. The Morgan fingerprint density at radius 3 is 3.07 bits per heavy atom. The van der Waals surface area contributed by atoms with Crippen LogP contribution in [0.2, 0.25) is 0 Å². The van der Waals surface area contributed by atoms with Crippen LogP contribution in [0, 0.1) is 5.92 Å². The molecule has 0 aromatic heterocycles. The van der Waals surface area contributed by atoms with Gasteiger partial charge in [-0.05, 0) is 31.4 Å². The SMILES string of the molecule is CSc1ccccc1OCC1CCNC1. The first-order valence-electron chi connectivity index (χ1n) is 5.36. The molecule has 3 heteroatoms. The summed E-state index contributed by atoms with van der Waals surface area (Å²) in [5, 5.41) is 3.35.